The number of ether oxygens (including phenoxy) is 2. The van der Waals surface area contributed by atoms with Gasteiger partial charge in [-0.15, -0.1) is 10.2 Å². The van der Waals surface area contributed by atoms with E-state index in [0.29, 0.717) is 27.6 Å². The van der Waals surface area contributed by atoms with E-state index in [9.17, 15) is 13.2 Å². The van der Waals surface area contributed by atoms with E-state index < -0.39 is 22.0 Å². The number of sulfonamides is 1. The number of hydrogen-bond donors (Lipinski definition) is 1. The maximum Gasteiger partial charge on any atom is 0.269 e. The summed E-state index contributed by atoms with van der Waals surface area (Å²) in [6, 6.07) is 11.3. The van der Waals surface area contributed by atoms with Crippen LogP contribution in [0.2, 0.25) is 0 Å². The zero-order valence-electron chi connectivity index (χ0n) is 19.0. The fraction of sp³-hybridized carbons (Fsp3) is 0.318. The SMILES string of the molecule is COc1ccc(S(=O)(=O)N2C[C@H](C(=O)Nc3nnc(SC(C)C)s3)Oc3ccc(C)cc32)cc1. The Hall–Kier alpha value is -2.83. The topological polar surface area (TPSA) is 111 Å². The second-order valence-corrected chi connectivity index (χ2v) is 12.5. The lowest BCUT2D eigenvalue weighted by Crippen LogP contribution is -2.48. The number of nitrogens with zero attached hydrogens (tertiary/aromatic N) is 3. The number of benzene rings is 2. The molecule has 0 spiro atoms. The second-order valence-electron chi connectivity index (χ2n) is 7.82. The van der Waals surface area contributed by atoms with E-state index in [1.165, 1.54) is 34.9 Å². The van der Waals surface area contributed by atoms with E-state index in [0.717, 1.165) is 9.90 Å². The molecule has 1 N–H and O–H groups in total. The van der Waals surface area contributed by atoms with Gasteiger partial charge < -0.3 is 9.47 Å². The summed E-state index contributed by atoms with van der Waals surface area (Å²) in [5, 5.41) is 11.4. The lowest BCUT2D eigenvalue weighted by Gasteiger charge is -2.34. The van der Waals surface area contributed by atoms with Crippen molar-refractivity contribution < 1.29 is 22.7 Å². The van der Waals surface area contributed by atoms with Gasteiger partial charge in [0.1, 0.15) is 11.5 Å². The molecule has 2 heterocycles. The van der Waals surface area contributed by atoms with Crippen molar-refractivity contribution in [2.75, 3.05) is 23.3 Å². The number of amides is 1. The monoisotopic (exact) mass is 520 g/mol. The minimum Gasteiger partial charge on any atom is -0.497 e. The van der Waals surface area contributed by atoms with Gasteiger partial charge in [-0.1, -0.05) is 43.0 Å². The van der Waals surface area contributed by atoms with Gasteiger partial charge >= 0.3 is 0 Å². The molecule has 1 amide bonds. The summed E-state index contributed by atoms with van der Waals surface area (Å²) in [4.78, 5) is 13.1. The van der Waals surface area contributed by atoms with Crippen molar-refractivity contribution in [3.63, 3.8) is 0 Å². The molecule has 1 atom stereocenters. The van der Waals surface area contributed by atoms with Gasteiger partial charge in [0, 0.05) is 5.25 Å². The lowest BCUT2D eigenvalue weighted by atomic mass is 10.1. The Morgan fingerprint density at radius 3 is 2.65 bits per heavy atom. The van der Waals surface area contributed by atoms with Crippen molar-refractivity contribution >= 4 is 49.8 Å². The van der Waals surface area contributed by atoms with Crippen LogP contribution in [-0.4, -0.2) is 49.5 Å². The fourth-order valence-electron chi connectivity index (χ4n) is 3.30. The Morgan fingerprint density at radius 1 is 1.24 bits per heavy atom. The number of aryl methyl sites for hydroxylation is 1. The van der Waals surface area contributed by atoms with Gasteiger partial charge in [0.05, 0.1) is 24.2 Å². The molecule has 2 aromatic carbocycles. The number of thioether (sulfide) groups is 1. The standard InChI is InChI=1S/C22H24N4O5S3/c1-13(2)32-22-25-24-21(33-22)23-20(27)19-12-26(17-11-14(3)5-10-18(17)31-19)34(28,29)16-8-6-15(30-4)7-9-16/h5-11,13,19H,12H2,1-4H3,(H,23,24,27)/t19-/m1/s1. The minimum absolute atomic E-state index is 0.0845. The van der Waals surface area contributed by atoms with Gasteiger partial charge in [-0.3, -0.25) is 14.4 Å². The molecule has 1 aliphatic heterocycles. The molecule has 0 saturated heterocycles. The molecule has 180 valence electrons. The molecule has 0 fully saturated rings. The van der Waals surface area contributed by atoms with Crippen molar-refractivity contribution in [1.29, 1.82) is 0 Å². The molecule has 0 aliphatic carbocycles. The Morgan fingerprint density at radius 2 is 1.97 bits per heavy atom. The number of rotatable bonds is 7. The average Bonchev–Trinajstić information content (AvgIpc) is 3.24. The van der Waals surface area contributed by atoms with Gasteiger partial charge in [0.25, 0.3) is 15.9 Å². The van der Waals surface area contributed by atoms with Crippen molar-refractivity contribution in [2.24, 2.45) is 0 Å². The van der Waals surface area contributed by atoms with E-state index in [1.807, 2.05) is 20.8 Å². The van der Waals surface area contributed by atoms with E-state index in [2.05, 4.69) is 15.5 Å². The van der Waals surface area contributed by atoms with Crippen molar-refractivity contribution in [3.05, 3.63) is 48.0 Å². The number of carbonyl (C=O) groups is 1. The van der Waals surface area contributed by atoms with Gasteiger partial charge in [-0.2, -0.15) is 0 Å². The van der Waals surface area contributed by atoms with E-state index in [4.69, 9.17) is 9.47 Å². The number of methoxy groups -OCH3 is 1. The van der Waals surface area contributed by atoms with Gasteiger partial charge in [0.15, 0.2) is 10.4 Å². The first-order chi connectivity index (χ1) is 16.2. The molecule has 0 unspecified atom stereocenters. The van der Waals surface area contributed by atoms with E-state index >= 15 is 0 Å². The third-order valence-electron chi connectivity index (χ3n) is 4.90. The van der Waals surface area contributed by atoms with Crippen LogP contribution in [0.25, 0.3) is 0 Å². The first-order valence-electron chi connectivity index (χ1n) is 10.4. The number of aromatic nitrogens is 2. The zero-order valence-corrected chi connectivity index (χ0v) is 21.5. The highest BCUT2D eigenvalue weighted by molar-refractivity contribution is 8.01. The zero-order chi connectivity index (χ0) is 24.5. The van der Waals surface area contributed by atoms with Crippen molar-refractivity contribution in [2.45, 2.75) is 41.4 Å². The summed E-state index contributed by atoms with van der Waals surface area (Å²) in [5.74, 6) is 0.349. The molecular weight excluding hydrogens is 496 g/mol. The lowest BCUT2D eigenvalue weighted by molar-refractivity contribution is -0.122. The number of carbonyl (C=O) groups excluding carboxylic acids is 1. The van der Waals surface area contributed by atoms with Crippen LogP contribution in [0.15, 0.2) is 51.7 Å². The van der Waals surface area contributed by atoms with Crippen LogP contribution >= 0.6 is 23.1 Å². The molecule has 9 nitrogen and oxygen atoms in total. The van der Waals surface area contributed by atoms with Crippen LogP contribution in [-0.2, 0) is 14.8 Å². The summed E-state index contributed by atoms with van der Waals surface area (Å²) in [7, 11) is -2.47. The van der Waals surface area contributed by atoms with E-state index in [1.54, 1.807) is 42.1 Å². The second kappa shape index (κ2) is 9.80. The van der Waals surface area contributed by atoms with Crippen LogP contribution < -0.4 is 19.1 Å². The highest BCUT2D eigenvalue weighted by Gasteiger charge is 2.38. The van der Waals surface area contributed by atoms with Crippen LogP contribution in [0.5, 0.6) is 11.5 Å². The molecule has 0 saturated carbocycles. The predicted molar refractivity (Wildman–Crippen MR) is 133 cm³/mol. The predicted octanol–water partition coefficient (Wildman–Crippen LogP) is 3.95. The van der Waals surface area contributed by atoms with Crippen LogP contribution in [0.1, 0.15) is 19.4 Å². The first kappa shape index (κ1) is 24.3. The number of hydrogen-bond acceptors (Lipinski definition) is 9. The Bertz CT molecular complexity index is 1290. The maximum absolute atomic E-state index is 13.6. The Balaban J connectivity index is 1.62. The summed E-state index contributed by atoms with van der Waals surface area (Å²) in [6.45, 7) is 5.75. The molecule has 0 bridgehead atoms. The highest BCUT2D eigenvalue weighted by atomic mass is 32.2. The first-order valence-corrected chi connectivity index (χ1v) is 13.6. The highest BCUT2D eigenvalue weighted by Crippen LogP contribution is 2.38. The maximum atomic E-state index is 13.6. The smallest absolute Gasteiger partial charge is 0.269 e. The quantitative estimate of drug-likeness (QED) is 0.368. The third kappa shape index (κ3) is 5.13. The number of anilines is 2. The molecular formula is C22H24N4O5S3. The van der Waals surface area contributed by atoms with Gasteiger partial charge in [0.2, 0.25) is 5.13 Å². The Labute approximate surface area is 206 Å². The third-order valence-corrected chi connectivity index (χ3v) is 8.62. The van der Waals surface area contributed by atoms with Gasteiger partial charge in [-0.05, 0) is 48.9 Å². The summed E-state index contributed by atoms with van der Waals surface area (Å²) in [5.41, 5.74) is 1.25. The van der Waals surface area contributed by atoms with Gasteiger partial charge in [-0.25, -0.2) is 8.42 Å². The average molecular weight is 521 g/mol. The molecule has 0 radical (unpaired) electrons. The molecule has 4 rings (SSSR count). The summed E-state index contributed by atoms with van der Waals surface area (Å²) >= 11 is 2.80. The minimum atomic E-state index is -3.98. The molecule has 12 heteroatoms. The Kier molecular flexibility index (Phi) is 7.01. The summed E-state index contributed by atoms with van der Waals surface area (Å²) < 4.78 is 40.1. The fourth-order valence-corrected chi connectivity index (χ4v) is 6.74. The molecule has 1 aliphatic rings. The molecule has 1 aromatic heterocycles. The normalized spacial score (nSPS) is 15.6. The molecule has 34 heavy (non-hydrogen) atoms. The van der Waals surface area contributed by atoms with Crippen LogP contribution in [0.4, 0.5) is 10.8 Å². The number of nitrogens with one attached hydrogen (secondary N) is 1. The number of fused-ring (bicyclic) bond motifs is 1. The van der Waals surface area contributed by atoms with E-state index in [-0.39, 0.29) is 11.4 Å². The van der Waals surface area contributed by atoms with Crippen molar-refractivity contribution in [1.82, 2.24) is 10.2 Å². The van der Waals surface area contributed by atoms with Crippen LogP contribution in [0, 0.1) is 6.92 Å². The van der Waals surface area contributed by atoms with Crippen LogP contribution in [0.3, 0.4) is 0 Å². The largest absolute Gasteiger partial charge is 0.497 e. The van der Waals surface area contributed by atoms with Crippen molar-refractivity contribution in [3.8, 4) is 11.5 Å². The molecule has 3 aromatic rings. The summed E-state index contributed by atoms with van der Waals surface area (Å²) in [6.07, 6.45) is -1.08.